The van der Waals surface area contributed by atoms with Gasteiger partial charge in [-0.3, -0.25) is 4.79 Å². The summed E-state index contributed by atoms with van der Waals surface area (Å²) in [7, 11) is 0. The van der Waals surface area contributed by atoms with Crippen LogP contribution >= 0.6 is 0 Å². The number of hydrogen-bond acceptors (Lipinski definition) is 4. The van der Waals surface area contributed by atoms with Gasteiger partial charge in [0.15, 0.2) is 11.5 Å². The predicted molar refractivity (Wildman–Crippen MR) is 70.4 cm³/mol. The van der Waals surface area contributed by atoms with E-state index in [4.69, 9.17) is 9.47 Å². The summed E-state index contributed by atoms with van der Waals surface area (Å²) in [4.78, 5) is 14.3. The van der Waals surface area contributed by atoms with Crippen LogP contribution in [0.3, 0.4) is 0 Å². The Morgan fingerprint density at radius 3 is 2.95 bits per heavy atom. The highest BCUT2D eigenvalue weighted by Gasteiger charge is 2.32. The van der Waals surface area contributed by atoms with E-state index in [-0.39, 0.29) is 12.5 Å². The smallest absolute Gasteiger partial charge is 0.267 e. The van der Waals surface area contributed by atoms with Crippen LogP contribution in [0.4, 0.5) is 0 Å². The van der Waals surface area contributed by atoms with Crippen molar-refractivity contribution in [1.82, 2.24) is 10.2 Å². The fourth-order valence-electron chi connectivity index (χ4n) is 2.48. The van der Waals surface area contributed by atoms with Gasteiger partial charge in [-0.2, -0.15) is 0 Å². The maximum absolute atomic E-state index is 12.4. The van der Waals surface area contributed by atoms with Crippen LogP contribution in [0, 0.1) is 0 Å². The second-order valence-corrected chi connectivity index (χ2v) is 5.00. The third-order valence-corrected chi connectivity index (χ3v) is 3.46. The first-order valence-corrected chi connectivity index (χ1v) is 6.64. The van der Waals surface area contributed by atoms with Crippen LogP contribution in [0.5, 0.6) is 11.5 Å². The van der Waals surface area contributed by atoms with E-state index in [1.807, 2.05) is 29.2 Å². The maximum atomic E-state index is 12.4. The standard InChI is InChI=1S/C14H18N2O3/c1-10-8-16(7-6-15-10)14(17)13-9-18-11-4-2-3-5-12(11)19-13/h2-5,10,13,15H,6-9H2,1H3/t10-,13+/m0/s1. The fraction of sp³-hybridized carbons (Fsp3) is 0.500. The number of rotatable bonds is 1. The Kier molecular flexibility index (Phi) is 3.29. The molecule has 0 radical (unpaired) electrons. The number of para-hydroxylation sites is 2. The lowest BCUT2D eigenvalue weighted by Gasteiger charge is -2.35. The van der Waals surface area contributed by atoms with Gasteiger partial charge in [-0.15, -0.1) is 0 Å². The number of amides is 1. The van der Waals surface area contributed by atoms with Crippen LogP contribution in [0.1, 0.15) is 6.92 Å². The first kappa shape index (κ1) is 12.3. The Morgan fingerprint density at radius 2 is 2.16 bits per heavy atom. The number of fused-ring (bicyclic) bond motifs is 1. The summed E-state index contributed by atoms with van der Waals surface area (Å²) in [6, 6.07) is 7.78. The Labute approximate surface area is 112 Å². The highest BCUT2D eigenvalue weighted by atomic mass is 16.6. The molecule has 1 N–H and O–H groups in total. The lowest BCUT2D eigenvalue weighted by molar-refractivity contribution is -0.142. The number of hydrogen-bond donors (Lipinski definition) is 1. The summed E-state index contributed by atoms with van der Waals surface area (Å²) < 4.78 is 11.3. The van der Waals surface area contributed by atoms with Gasteiger partial charge in [0.05, 0.1) is 0 Å². The summed E-state index contributed by atoms with van der Waals surface area (Å²) >= 11 is 0. The Bertz CT molecular complexity index is 478. The molecule has 5 heteroatoms. The molecule has 0 aliphatic carbocycles. The van der Waals surface area contributed by atoms with Gasteiger partial charge >= 0.3 is 0 Å². The molecule has 3 rings (SSSR count). The molecule has 2 atom stereocenters. The number of benzene rings is 1. The second-order valence-electron chi connectivity index (χ2n) is 5.00. The van der Waals surface area contributed by atoms with E-state index in [2.05, 4.69) is 12.2 Å². The lowest BCUT2D eigenvalue weighted by atomic mass is 10.2. The van der Waals surface area contributed by atoms with Gasteiger partial charge in [0.2, 0.25) is 6.10 Å². The topological polar surface area (TPSA) is 50.8 Å². The van der Waals surface area contributed by atoms with Crippen molar-refractivity contribution in [3.63, 3.8) is 0 Å². The fourth-order valence-corrected chi connectivity index (χ4v) is 2.48. The van der Waals surface area contributed by atoms with Gasteiger partial charge in [0, 0.05) is 25.7 Å². The number of ether oxygens (including phenoxy) is 2. The minimum atomic E-state index is -0.528. The van der Waals surface area contributed by atoms with Crippen molar-refractivity contribution >= 4 is 5.91 Å². The summed E-state index contributed by atoms with van der Waals surface area (Å²) in [5.41, 5.74) is 0. The largest absolute Gasteiger partial charge is 0.485 e. The Balaban J connectivity index is 1.69. The van der Waals surface area contributed by atoms with E-state index >= 15 is 0 Å². The predicted octanol–water partition coefficient (Wildman–Crippen LogP) is 0.647. The maximum Gasteiger partial charge on any atom is 0.267 e. The van der Waals surface area contributed by atoms with Crippen molar-refractivity contribution in [1.29, 1.82) is 0 Å². The number of nitrogens with one attached hydrogen (secondary N) is 1. The molecule has 0 aromatic heterocycles. The molecule has 2 heterocycles. The summed E-state index contributed by atoms with van der Waals surface area (Å²) in [5.74, 6) is 1.37. The number of piperazine rings is 1. The molecule has 0 saturated carbocycles. The zero-order chi connectivity index (χ0) is 13.2. The molecule has 5 nitrogen and oxygen atoms in total. The molecule has 1 saturated heterocycles. The second kappa shape index (κ2) is 5.09. The molecule has 19 heavy (non-hydrogen) atoms. The van der Waals surface area contributed by atoms with Crippen LogP contribution in [0.15, 0.2) is 24.3 Å². The van der Waals surface area contributed by atoms with Gasteiger partial charge in [-0.1, -0.05) is 12.1 Å². The first-order valence-electron chi connectivity index (χ1n) is 6.64. The molecule has 1 aromatic carbocycles. The highest BCUT2D eigenvalue weighted by molar-refractivity contribution is 5.82. The van der Waals surface area contributed by atoms with Crippen LogP contribution < -0.4 is 14.8 Å². The third kappa shape index (κ3) is 2.51. The van der Waals surface area contributed by atoms with Gasteiger partial charge in [0.1, 0.15) is 6.61 Å². The molecule has 0 spiro atoms. The zero-order valence-corrected chi connectivity index (χ0v) is 11.0. The summed E-state index contributed by atoms with van der Waals surface area (Å²) in [5, 5.41) is 3.32. The van der Waals surface area contributed by atoms with Gasteiger partial charge in [-0.25, -0.2) is 0 Å². The molecule has 0 bridgehead atoms. The van der Waals surface area contributed by atoms with E-state index in [1.54, 1.807) is 0 Å². The molecular formula is C14H18N2O3. The van der Waals surface area contributed by atoms with Crippen molar-refractivity contribution in [2.45, 2.75) is 19.1 Å². The number of nitrogens with zero attached hydrogens (tertiary/aromatic N) is 1. The highest BCUT2D eigenvalue weighted by Crippen LogP contribution is 2.31. The van der Waals surface area contributed by atoms with E-state index < -0.39 is 6.10 Å². The van der Waals surface area contributed by atoms with E-state index in [0.29, 0.717) is 17.5 Å². The summed E-state index contributed by atoms with van der Waals surface area (Å²) in [6.45, 7) is 4.64. The minimum absolute atomic E-state index is 0.0165. The van der Waals surface area contributed by atoms with Crippen LogP contribution in [-0.4, -0.2) is 49.2 Å². The molecule has 1 fully saturated rings. The molecule has 0 unspecified atom stereocenters. The number of carbonyl (C=O) groups is 1. The monoisotopic (exact) mass is 262 g/mol. The van der Waals surface area contributed by atoms with E-state index in [0.717, 1.165) is 19.6 Å². The van der Waals surface area contributed by atoms with Crippen LogP contribution in [0.25, 0.3) is 0 Å². The summed E-state index contributed by atoms with van der Waals surface area (Å²) in [6.07, 6.45) is -0.528. The van der Waals surface area contributed by atoms with Crippen LogP contribution in [0.2, 0.25) is 0 Å². The van der Waals surface area contributed by atoms with Crippen molar-refractivity contribution in [3.05, 3.63) is 24.3 Å². The zero-order valence-electron chi connectivity index (χ0n) is 11.0. The van der Waals surface area contributed by atoms with Crippen molar-refractivity contribution < 1.29 is 14.3 Å². The van der Waals surface area contributed by atoms with E-state index in [9.17, 15) is 4.79 Å². The SMILES string of the molecule is C[C@H]1CN(C(=O)[C@H]2COc3ccccc3O2)CCN1. The quantitative estimate of drug-likeness (QED) is 0.807. The molecular weight excluding hydrogens is 244 g/mol. The molecule has 1 amide bonds. The Hall–Kier alpha value is -1.75. The van der Waals surface area contributed by atoms with Crippen molar-refractivity contribution in [2.75, 3.05) is 26.2 Å². The van der Waals surface area contributed by atoms with Gasteiger partial charge in [-0.05, 0) is 19.1 Å². The average molecular weight is 262 g/mol. The van der Waals surface area contributed by atoms with E-state index in [1.165, 1.54) is 0 Å². The van der Waals surface area contributed by atoms with Crippen molar-refractivity contribution in [3.8, 4) is 11.5 Å². The minimum Gasteiger partial charge on any atom is -0.485 e. The average Bonchev–Trinajstić information content (AvgIpc) is 2.46. The number of carbonyl (C=O) groups excluding carboxylic acids is 1. The lowest BCUT2D eigenvalue weighted by Crippen LogP contribution is -2.55. The Morgan fingerprint density at radius 1 is 1.37 bits per heavy atom. The van der Waals surface area contributed by atoms with Gasteiger partial charge < -0.3 is 19.7 Å². The normalized spacial score (nSPS) is 26.1. The van der Waals surface area contributed by atoms with Crippen molar-refractivity contribution in [2.24, 2.45) is 0 Å². The first-order chi connectivity index (χ1) is 9.24. The molecule has 2 aliphatic heterocycles. The van der Waals surface area contributed by atoms with Gasteiger partial charge in [0.25, 0.3) is 5.91 Å². The third-order valence-electron chi connectivity index (χ3n) is 3.46. The van der Waals surface area contributed by atoms with Crippen LogP contribution in [-0.2, 0) is 4.79 Å². The molecule has 1 aromatic rings. The molecule has 102 valence electrons. The molecule has 2 aliphatic rings.